The number of carbonyl (C=O) groups is 3. The van der Waals surface area contributed by atoms with E-state index in [1.807, 2.05) is 0 Å². The Morgan fingerprint density at radius 1 is 1.03 bits per heavy atom. The molecule has 204 valence electrons. The molecular formula is C26H41ClN2O6S. The maximum absolute atomic E-state index is 13.1. The quantitative estimate of drug-likeness (QED) is 0.272. The van der Waals surface area contributed by atoms with Gasteiger partial charge in [-0.05, 0) is 59.4 Å². The Kier molecular flexibility index (Phi) is 12.5. The standard InChI is InChI=1S/C26H41ClN2O6S/c1-10-13-14-17(11-2)15-18-16-28-22(20(27)21(18)36-35-19(30)12-3)29(23(31)33-25(4,5)6)24(32)34-26(7,8)9/h16-17H,10-15H2,1-9H3. The molecule has 8 nitrogen and oxygen atoms in total. The minimum absolute atomic E-state index is 0.00321. The van der Waals surface area contributed by atoms with Gasteiger partial charge in [-0.2, -0.15) is 4.90 Å². The smallest absolute Gasteiger partial charge is 0.425 e. The fourth-order valence-corrected chi connectivity index (χ4v) is 4.20. The SMILES string of the molecule is CCCCC(CC)Cc1cnc(N(C(=O)OC(C)(C)C)C(=O)OC(C)(C)C)c(Cl)c1SOC(=O)CC. The number of ether oxygens (including phenoxy) is 2. The number of hydrogen-bond acceptors (Lipinski definition) is 8. The molecule has 0 aliphatic rings. The minimum Gasteiger partial charge on any atom is -0.443 e. The molecule has 2 amide bonds. The van der Waals surface area contributed by atoms with Crippen LogP contribution in [-0.4, -0.2) is 34.3 Å². The van der Waals surface area contributed by atoms with Crippen molar-refractivity contribution >= 4 is 47.6 Å². The second-order valence-corrected chi connectivity index (χ2v) is 11.7. The van der Waals surface area contributed by atoms with Crippen molar-refractivity contribution in [1.82, 2.24) is 4.98 Å². The van der Waals surface area contributed by atoms with Crippen LogP contribution >= 0.6 is 23.6 Å². The van der Waals surface area contributed by atoms with Gasteiger partial charge < -0.3 is 13.7 Å². The van der Waals surface area contributed by atoms with Crippen LogP contribution in [0.25, 0.3) is 0 Å². The molecular weight excluding hydrogens is 504 g/mol. The highest BCUT2D eigenvalue weighted by Crippen LogP contribution is 2.39. The van der Waals surface area contributed by atoms with E-state index in [1.54, 1.807) is 54.7 Å². The molecule has 0 aromatic carbocycles. The summed E-state index contributed by atoms with van der Waals surface area (Å²) in [6.45, 7) is 16.1. The fourth-order valence-electron chi connectivity index (χ4n) is 3.15. The highest BCUT2D eigenvalue weighted by Gasteiger charge is 2.36. The molecule has 0 N–H and O–H groups in total. The molecule has 1 aromatic heterocycles. The van der Waals surface area contributed by atoms with Gasteiger partial charge in [-0.15, -0.1) is 0 Å². The number of carbonyl (C=O) groups excluding carboxylic acids is 3. The van der Waals surface area contributed by atoms with Crippen molar-refractivity contribution < 1.29 is 28.0 Å². The van der Waals surface area contributed by atoms with E-state index >= 15 is 0 Å². The molecule has 0 fully saturated rings. The lowest BCUT2D eigenvalue weighted by Crippen LogP contribution is -2.44. The molecule has 0 radical (unpaired) electrons. The summed E-state index contributed by atoms with van der Waals surface area (Å²) in [6.07, 6.45) is 4.64. The summed E-state index contributed by atoms with van der Waals surface area (Å²) >= 11 is 7.58. The van der Waals surface area contributed by atoms with Crippen LogP contribution < -0.4 is 4.90 Å². The van der Waals surface area contributed by atoms with E-state index in [9.17, 15) is 14.4 Å². The van der Waals surface area contributed by atoms with Crippen LogP contribution in [0.3, 0.4) is 0 Å². The van der Waals surface area contributed by atoms with Gasteiger partial charge in [-0.25, -0.2) is 14.6 Å². The van der Waals surface area contributed by atoms with Crippen LogP contribution in [0.2, 0.25) is 5.02 Å². The normalized spacial score (nSPS) is 12.6. The zero-order valence-electron chi connectivity index (χ0n) is 23.0. The lowest BCUT2D eigenvalue weighted by molar-refractivity contribution is -0.132. The molecule has 1 aromatic rings. The van der Waals surface area contributed by atoms with Gasteiger partial charge in [0.25, 0.3) is 0 Å². The van der Waals surface area contributed by atoms with Gasteiger partial charge in [-0.3, -0.25) is 4.79 Å². The fraction of sp³-hybridized carbons (Fsp3) is 0.692. The zero-order valence-corrected chi connectivity index (χ0v) is 24.6. The Bertz CT molecular complexity index is 883. The molecule has 0 spiro atoms. The second-order valence-electron chi connectivity index (χ2n) is 10.6. The molecule has 0 saturated heterocycles. The number of rotatable bonds is 10. The minimum atomic E-state index is -0.977. The Hall–Kier alpha value is -2.00. The molecule has 1 atom stereocenters. The first-order valence-electron chi connectivity index (χ1n) is 12.4. The number of aromatic nitrogens is 1. The first-order valence-corrected chi connectivity index (χ1v) is 13.6. The maximum Gasteiger partial charge on any atom is 0.425 e. The number of unbranched alkanes of at least 4 members (excludes halogenated alkanes) is 1. The van der Waals surface area contributed by atoms with Gasteiger partial charge in [0.05, 0.1) is 16.9 Å². The van der Waals surface area contributed by atoms with E-state index in [2.05, 4.69) is 18.8 Å². The van der Waals surface area contributed by atoms with Crippen molar-refractivity contribution in [2.24, 2.45) is 5.92 Å². The third-order valence-corrected chi connectivity index (χ3v) is 6.32. The molecule has 0 aliphatic heterocycles. The van der Waals surface area contributed by atoms with Crippen molar-refractivity contribution in [3.05, 3.63) is 16.8 Å². The lowest BCUT2D eigenvalue weighted by atomic mass is 9.92. The van der Waals surface area contributed by atoms with Crippen molar-refractivity contribution in [2.45, 2.75) is 117 Å². The van der Waals surface area contributed by atoms with E-state index in [4.69, 9.17) is 25.3 Å². The summed E-state index contributed by atoms with van der Waals surface area (Å²) in [5.74, 6) is -0.196. The highest BCUT2D eigenvalue weighted by molar-refractivity contribution is 7.95. The molecule has 10 heteroatoms. The van der Waals surface area contributed by atoms with Gasteiger partial charge in [0.15, 0.2) is 5.82 Å². The van der Waals surface area contributed by atoms with Crippen molar-refractivity contribution in [3.8, 4) is 0 Å². The number of anilines is 1. The Morgan fingerprint density at radius 3 is 2.03 bits per heavy atom. The molecule has 0 aliphatic carbocycles. The molecule has 0 bridgehead atoms. The van der Waals surface area contributed by atoms with Crippen LogP contribution in [0.5, 0.6) is 0 Å². The van der Waals surface area contributed by atoms with E-state index < -0.39 is 29.4 Å². The molecule has 1 rings (SSSR count). The van der Waals surface area contributed by atoms with Crippen LogP contribution in [-0.2, 0) is 24.9 Å². The first kappa shape index (κ1) is 32.0. The number of nitrogens with zero attached hydrogens (tertiary/aromatic N) is 2. The van der Waals surface area contributed by atoms with E-state index in [0.29, 0.717) is 22.1 Å². The topological polar surface area (TPSA) is 95.0 Å². The molecule has 1 heterocycles. The van der Waals surface area contributed by atoms with Crippen LogP contribution in [0.15, 0.2) is 11.1 Å². The summed E-state index contributed by atoms with van der Waals surface area (Å²) in [5, 5.41) is 0.00321. The van der Waals surface area contributed by atoms with Gasteiger partial charge in [0.1, 0.15) is 16.2 Å². The van der Waals surface area contributed by atoms with Crippen molar-refractivity contribution in [3.63, 3.8) is 0 Å². The van der Waals surface area contributed by atoms with Crippen molar-refractivity contribution in [2.75, 3.05) is 4.90 Å². The Morgan fingerprint density at radius 2 is 1.58 bits per heavy atom. The van der Waals surface area contributed by atoms with Gasteiger partial charge in [0.2, 0.25) is 0 Å². The van der Waals surface area contributed by atoms with Crippen molar-refractivity contribution in [1.29, 1.82) is 0 Å². The zero-order chi connectivity index (χ0) is 27.7. The van der Waals surface area contributed by atoms with E-state index in [-0.39, 0.29) is 17.3 Å². The van der Waals surface area contributed by atoms with E-state index in [0.717, 1.165) is 43.3 Å². The molecule has 36 heavy (non-hydrogen) atoms. The summed E-state index contributed by atoms with van der Waals surface area (Å²) in [6, 6.07) is 0. The predicted molar refractivity (Wildman–Crippen MR) is 143 cm³/mol. The number of pyridine rings is 1. The second kappa shape index (κ2) is 14.1. The average Bonchev–Trinajstić information content (AvgIpc) is 2.74. The van der Waals surface area contributed by atoms with Gasteiger partial charge in [-0.1, -0.05) is 58.1 Å². The summed E-state index contributed by atoms with van der Waals surface area (Å²) in [7, 11) is 0. The largest absolute Gasteiger partial charge is 0.443 e. The number of hydrogen-bond donors (Lipinski definition) is 0. The van der Waals surface area contributed by atoms with Crippen LogP contribution in [0.1, 0.15) is 100.0 Å². The first-order chi connectivity index (χ1) is 16.6. The maximum atomic E-state index is 13.1. The van der Waals surface area contributed by atoms with E-state index in [1.165, 1.54) is 0 Å². The predicted octanol–water partition coefficient (Wildman–Crippen LogP) is 8.13. The lowest BCUT2D eigenvalue weighted by Gasteiger charge is -2.29. The number of halogens is 1. The Labute approximate surface area is 225 Å². The van der Waals surface area contributed by atoms with Gasteiger partial charge >= 0.3 is 18.2 Å². The Balaban J connectivity index is 3.60. The third-order valence-electron chi connectivity index (χ3n) is 4.95. The summed E-state index contributed by atoms with van der Waals surface area (Å²) in [5.41, 5.74) is -0.994. The molecule has 0 saturated carbocycles. The van der Waals surface area contributed by atoms with Gasteiger partial charge in [0, 0.05) is 12.6 Å². The number of amides is 2. The molecule has 1 unspecified atom stereocenters. The number of imide groups is 1. The van der Waals surface area contributed by atoms with Crippen LogP contribution in [0, 0.1) is 5.92 Å². The third kappa shape index (κ3) is 10.5. The highest BCUT2D eigenvalue weighted by atomic mass is 35.5. The monoisotopic (exact) mass is 544 g/mol. The summed E-state index contributed by atoms with van der Waals surface area (Å²) < 4.78 is 16.2. The van der Waals surface area contributed by atoms with Crippen LogP contribution in [0.4, 0.5) is 15.4 Å². The summed E-state index contributed by atoms with van der Waals surface area (Å²) in [4.78, 5) is 43.6. The average molecular weight is 545 g/mol.